The average Bonchev–Trinajstić information content (AvgIpc) is 3.01. The molecule has 4 heteroatoms. The molecule has 1 aromatic carbocycles. The van der Waals surface area contributed by atoms with E-state index < -0.39 is 0 Å². The summed E-state index contributed by atoms with van der Waals surface area (Å²) in [5.74, 6) is 1.58. The molecule has 0 aliphatic heterocycles. The largest absolute Gasteiger partial charge is 0.262 e. The molecule has 1 aliphatic carbocycles. The van der Waals surface area contributed by atoms with Crippen LogP contribution < -0.4 is 0 Å². The number of benzene rings is 1. The van der Waals surface area contributed by atoms with E-state index in [4.69, 9.17) is 0 Å². The van der Waals surface area contributed by atoms with Crippen LogP contribution in [0.3, 0.4) is 0 Å². The number of hydrogen-bond donors (Lipinski definition) is 1. The van der Waals surface area contributed by atoms with Crippen LogP contribution >= 0.6 is 0 Å². The highest BCUT2D eigenvalue weighted by Gasteiger charge is 2.27. The molecular weight excluding hydrogens is 205 g/mol. The molecule has 3 rings (SSSR count). The predicted octanol–water partition coefficient (Wildman–Crippen LogP) is 2.80. The van der Waals surface area contributed by atoms with Gasteiger partial charge in [-0.25, -0.2) is 9.37 Å². The lowest BCUT2D eigenvalue weighted by Crippen LogP contribution is -1.88. The van der Waals surface area contributed by atoms with E-state index in [9.17, 15) is 4.39 Å². The Bertz CT molecular complexity index is 529. The minimum absolute atomic E-state index is 0.271. The zero-order valence-corrected chi connectivity index (χ0v) is 9.00. The van der Waals surface area contributed by atoms with Gasteiger partial charge in [-0.15, -0.1) is 0 Å². The van der Waals surface area contributed by atoms with Gasteiger partial charge in [-0.2, -0.15) is 5.10 Å². The van der Waals surface area contributed by atoms with Crippen molar-refractivity contribution in [1.82, 2.24) is 15.2 Å². The zero-order chi connectivity index (χ0) is 11.1. The van der Waals surface area contributed by atoms with Gasteiger partial charge in [0.2, 0.25) is 0 Å². The maximum absolute atomic E-state index is 13.6. The fourth-order valence-electron chi connectivity index (χ4n) is 1.74. The van der Waals surface area contributed by atoms with Crippen LogP contribution in [-0.2, 0) is 0 Å². The summed E-state index contributed by atoms with van der Waals surface area (Å²) in [5, 5.41) is 6.96. The highest BCUT2D eigenvalue weighted by atomic mass is 19.1. The second kappa shape index (κ2) is 3.40. The highest BCUT2D eigenvalue weighted by Crippen LogP contribution is 2.38. The Balaban J connectivity index is 2.03. The summed E-state index contributed by atoms with van der Waals surface area (Å²) < 4.78 is 13.6. The first kappa shape index (κ1) is 9.51. The van der Waals surface area contributed by atoms with Crippen molar-refractivity contribution in [2.45, 2.75) is 25.7 Å². The summed E-state index contributed by atoms with van der Waals surface area (Å²) >= 11 is 0. The van der Waals surface area contributed by atoms with E-state index in [0.29, 0.717) is 17.3 Å². The normalized spacial score (nSPS) is 15.4. The third kappa shape index (κ3) is 1.60. The van der Waals surface area contributed by atoms with Crippen LogP contribution in [0.2, 0.25) is 0 Å². The van der Waals surface area contributed by atoms with Crippen molar-refractivity contribution in [2.24, 2.45) is 0 Å². The van der Waals surface area contributed by atoms with E-state index in [1.54, 1.807) is 12.1 Å². The SMILES string of the molecule is Cc1ccc(F)c(-c2n[nH]c(C3CC3)n2)c1. The van der Waals surface area contributed by atoms with E-state index >= 15 is 0 Å². The molecule has 0 amide bonds. The Hall–Kier alpha value is -1.71. The Morgan fingerprint density at radius 1 is 1.38 bits per heavy atom. The van der Waals surface area contributed by atoms with E-state index in [2.05, 4.69) is 15.2 Å². The summed E-state index contributed by atoms with van der Waals surface area (Å²) in [6.07, 6.45) is 2.32. The third-order valence-corrected chi connectivity index (χ3v) is 2.83. The van der Waals surface area contributed by atoms with Gasteiger partial charge in [-0.1, -0.05) is 11.6 Å². The lowest BCUT2D eigenvalue weighted by Gasteiger charge is -1.99. The van der Waals surface area contributed by atoms with Crippen LogP contribution in [0.4, 0.5) is 4.39 Å². The molecule has 2 aromatic rings. The summed E-state index contributed by atoms with van der Waals surface area (Å²) in [6.45, 7) is 1.93. The predicted molar refractivity (Wildman–Crippen MR) is 58.5 cm³/mol. The number of H-pyrrole nitrogens is 1. The van der Waals surface area contributed by atoms with Crippen LogP contribution in [0.5, 0.6) is 0 Å². The minimum Gasteiger partial charge on any atom is -0.262 e. The van der Waals surface area contributed by atoms with E-state index in [1.165, 1.54) is 6.07 Å². The van der Waals surface area contributed by atoms with Crippen molar-refractivity contribution in [3.05, 3.63) is 35.4 Å². The molecule has 3 nitrogen and oxygen atoms in total. The molecule has 1 N–H and O–H groups in total. The van der Waals surface area contributed by atoms with Crippen molar-refractivity contribution < 1.29 is 4.39 Å². The number of halogens is 1. The lowest BCUT2D eigenvalue weighted by molar-refractivity contribution is 0.629. The Morgan fingerprint density at radius 2 is 2.19 bits per heavy atom. The van der Waals surface area contributed by atoms with Gasteiger partial charge < -0.3 is 0 Å². The summed E-state index contributed by atoms with van der Waals surface area (Å²) in [5.41, 5.74) is 1.48. The molecular formula is C12H12FN3. The fraction of sp³-hybridized carbons (Fsp3) is 0.333. The molecule has 0 spiro atoms. The van der Waals surface area contributed by atoms with E-state index in [1.807, 2.05) is 6.92 Å². The van der Waals surface area contributed by atoms with Crippen molar-refractivity contribution in [1.29, 1.82) is 0 Å². The molecule has 1 aromatic heterocycles. The van der Waals surface area contributed by atoms with Gasteiger partial charge in [0.25, 0.3) is 0 Å². The molecule has 0 saturated heterocycles. The van der Waals surface area contributed by atoms with Crippen molar-refractivity contribution >= 4 is 0 Å². The first-order valence-corrected chi connectivity index (χ1v) is 5.43. The highest BCUT2D eigenvalue weighted by molar-refractivity contribution is 5.56. The summed E-state index contributed by atoms with van der Waals surface area (Å²) in [6, 6.07) is 4.97. The number of nitrogens with one attached hydrogen (secondary N) is 1. The Kier molecular flexibility index (Phi) is 2.02. The van der Waals surface area contributed by atoms with Crippen molar-refractivity contribution in [3.8, 4) is 11.4 Å². The molecule has 0 radical (unpaired) electrons. The quantitative estimate of drug-likeness (QED) is 0.840. The number of rotatable bonds is 2. The van der Waals surface area contributed by atoms with Crippen LogP contribution in [0, 0.1) is 12.7 Å². The van der Waals surface area contributed by atoms with Gasteiger partial charge >= 0.3 is 0 Å². The van der Waals surface area contributed by atoms with Crippen LogP contribution in [0.25, 0.3) is 11.4 Å². The van der Waals surface area contributed by atoms with Crippen LogP contribution in [0.1, 0.15) is 30.1 Å². The smallest absolute Gasteiger partial charge is 0.184 e. The molecule has 0 atom stereocenters. The van der Waals surface area contributed by atoms with Gasteiger partial charge in [-0.3, -0.25) is 5.10 Å². The third-order valence-electron chi connectivity index (χ3n) is 2.83. The second-order valence-electron chi connectivity index (χ2n) is 4.30. The topological polar surface area (TPSA) is 41.6 Å². The van der Waals surface area contributed by atoms with E-state index in [-0.39, 0.29) is 5.82 Å². The number of hydrogen-bond acceptors (Lipinski definition) is 2. The molecule has 82 valence electrons. The Morgan fingerprint density at radius 3 is 2.94 bits per heavy atom. The number of aromatic nitrogens is 3. The Labute approximate surface area is 92.7 Å². The number of nitrogens with zero attached hydrogens (tertiary/aromatic N) is 2. The number of aromatic amines is 1. The molecule has 0 bridgehead atoms. The molecule has 16 heavy (non-hydrogen) atoms. The first-order valence-electron chi connectivity index (χ1n) is 5.43. The monoisotopic (exact) mass is 217 g/mol. The van der Waals surface area contributed by atoms with Crippen molar-refractivity contribution in [3.63, 3.8) is 0 Å². The molecule has 1 aliphatic rings. The number of aryl methyl sites for hydroxylation is 1. The fourth-order valence-corrected chi connectivity index (χ4v) is 1.74. The van der Waals surface area contributed by atoms with Gasteiger partial charge in [-0.05, 0) is 31.9 Å². The average molecular weight is 217 g/mol. The molecule has 1 fully saturated rings. The van der Waals surface area contributed by atoms with Gasteiger partial charge in [0.15, 0.2) is 5.82 Å². The molecule has 1 saturated carbocycles. The minimum atomic E-state index is -0.271. The summed E-state index contributed by atoms with van der Waals surface area (Å²) in [4.78, 5) is 4.34. The zero-order valence-electron chi connectivity index (χ0n) is 9.00. The maximum atomic E-state index is 13.6. The molecule has 1 heterocycles. The lowest BCUT2D eigenvalue weighted by atomic mass is 10.1. The van der Waals surface area contributed by atoms with Gasteiger partial charge in [0.1, 0.15) is 11.6 Å². The van der Waals surface area contributed by atoms with Crippen LogP contribution in [0.15, 0.2) is 18.2 Å². The van der Waals surface area contributed by atoms with Gasteiger partial charge in [0, 0.05) is 5.92 Å². The first-order chi connectivity index (χ1) is 7.74. The van der Waals surface area contributed by atoms with E-state index in [0.717, 1.165) is 24.2 Å². The molecule has 0 unspecified atom stereocenters. The van der Waals surface area contributed by atoms with Gasteiger partial charge in [0.05, 0.1) is 5.56 Å². The standard InChI is InChI=1S/C12H12FN3/c1-7-2-5-10(13)9(6-7)12-14-11(15-16-12)8-3-4-8/h2,5-6,8H,3-4H2,1H3,(H,14,15,16). The second-order valence-corrected chi connectivity index (χ2v) is 4.30. The maximum Gasteiger partial charge on any atom is 0.184 e. The van der Waals surface area contributed by atoms with Crippen LogP contribution in [-0.4, -0.2) is 15.2 Å². The summed E-state index contributed by atoms with van der Waals surface area (Å²) in [7, 11) is 0. The van der Waals surface area contributed by atoms with Crippen molar-refractivity contribution in [2.75, 3.05) is 0 Å².